The van der Waals surface area contributed by atoms with E-state index in [9.17, 15) is 14.0 Å². The molecule has 2 N–H and O–H groups in total. The molecule has 1 aromatic carbocycles. The zero-order chi connectivity index (χ0) is 13.1. The molecule has 6 heteroatoms. The lowest BCUT2D eigenvalue weighted by molar-refractivity contribution is -0.119. The van der Waals surface area contributed by atoms with Gasteiger partial charge in [0.25, 0.3) is 0 Å². The van der Waals surface area contributed by atoms with Crippen LogP contribution in [0, 0.1) is 11.7 Å². The number of amides is 1. The van der Waals surface area contributed by atoms with E-state index in [0.717, 1.165) is 36.1 Å². The maximum Gasteiger partial charge on any atom is 0.337 e. The summed E-state index contributed by atoms with van der Waals surface area (Å²) in [6.45, 7) is 0. The van der Waals surface area contributed by atoms with E-state index in [1.807, 2.05) is 0 Å². The number of hydrogen-bond donors (Lipinski definition) is 2. The summed E-state index contributed by atoms with van der Waals surface area (Å²) in [5, 5.41) is 11.5. The summed E-state index contributed by atoms with van der Waals surface area (Å²) < 4.78 is 13.1. The Bertz CT molecular complexity index is 486. The third-order valence-corrected chi connectivity index (χ3v) is 3.93. The van der Waals surface area contributed by atoms with Gasteiger partial charge in [0.1, 0.15) is 5.82 Å². The number of thioether (sulfide) groups is 1. The zero-order valence-corrected chi connectivity index (χ0v) is 10.3. The predicted octanol–water partition coefficient (Wildman–Crippen LogP) is 2.22. The molecule has 1 amide bonds. The number of nitrogens with one attached hydrogen (secondary N) is 1. The number of carbonyl (C=O) groups excluding carboxylic acids is 1. The first-order valence-corrected chi connectivity index (χ1v) is 6.65. The fourth-order valence-electron chi connectivity index (χ4n) is 1.78. The van der Waals surface area contributed by atoms with Crippen molar-refractivity contribution >= 4 is 29.3 Å². The van der Waals surface area contributed by atoms with Crippen LogP contribution in [-0.4, -0.2) is 28.5 Å². The Morgan fingerprint density at radius 2 is 2.22 bits per heavy atom. The highest BCUT2D eigenvalue weighted by molar-refractivity contribution is 7.99. The molecule has 1 saturated heterocycles. The van der Waals surface area contributed by atoms with Crippen molar-refractivity contribution in [1.82, 2.24) is 0 Å². The van der Waals surface area contributed by atoms with Gasteiger partial charge in [-0.1, -0.05) is 0 Å². The fourth-order valence-corrected chi connectivity index (χ4v) is 3.00. The van der Waals surface area contributed by atoms with Gasteiger partial charge >= 0.3 is 5.97 Å². The molecule has 1 unspecified atom stereocenters. The Kier molecular flexibility index (Phi) is 3.86. The average Bonchev–Trinajstić information content (AvgIpc) is 2.81. The van der Waals surface area contributed by atoms with Crippen molar-refractivity contribution < 1.29 is 19.1 Å². The van der Waals surface area contributed by atoms with E-state index in [4.69, 9.17) is 5.11 Å². The number of carboxylic acids is 1. The molecule has 1 atom stereocenters. The second kappa shape index (κ2) is 5.39. The van der Waals surface area contributed by atoms with Gasteiger partial charge in [-0.25, -0.2) is 9.18 Å². The van der Waals surface area contributed by atoms with Gasteiger partial charge in [0.15, 0.2) is 0 Å². The third kappa shape index (κ3) is 2.81. The van der Waals surface area contributed by atoms with Crippen molar-refractivity contribution in [2.45, 2.75) is 6.42 Å². The van der Waals surface area contributed by atoms with Crippen LogP contribution in [0.15, 0.2) is 18.2 Å². The van der Waals surface area contributed by atoms with Crippen LogP contribution in [0.3, 0.4) is 0 Å². The van der Waals surface area contributed by atoms with Crippen molar-refractivity contribution in [3.63, 3.8) is 0 Å². The second-order valence-corrected chi connectivity index (χ2v) is 5.19. The van der Waals surface area contributed by atoms with Crippen LogP contribution >= 0.6 is 11.8 Å². The first-order chi connectivity index (χ1) is 8.58. The lowest BCUT2D eigenvalue weighted by atomic mass is 10.1. The average molecular weight is 269 g/mol. The fraction of sp³-hybridized carbons (Fsp3) is 0.333. The van der Waals surface area contributed by atoms with Gasteiger partial charge in [0, 0.05) is 11.7 Å². The molecule has 1 aromatic rings. The van der Waals surface area contributed by atoms with Gasteiger partial charge in [0.05, 0.1) is 11.3 Å². The van der Waals surface area contributed by atoms with Crippen LogP contribution < -0.4 is 5.32 Å². The largest absolute Gasteiger partial charge is 0.478 e. The summed E-state index contributed by atoms with van der Waals surface area (Å²) in [6, 6.07) is 3.24. The lowest BCUT2D eigenvalue weighted by Crippen LogP contribution is -2.23. The Morgan fingerprint density at radius 3 is 2.83 bits per heavy atom. The molecular formula is C12H12FNO3S. The molecule has 0 aromatic heterocycles. The minimum atomic E-state index is -1.19. The van der Waals surface area contributed by atoms with Crippen LogP contribution in [0.5, 0.6) is 0 Å². The molecule has 0 spiro atoms. The molecule has 1 aliphatic heterocycles. The van der Waals surface area contributed by atoms with Gasteiger partial charge in [-0.05, 0) is 30.4 Å². The molecule has 96 valence electrons. The van der Waals surface area contributed by atoms with Crippen molar-refractivity contribution in [3.8, 4) is 0 Å². The van der Waals surface area contributed by atoms with Crippen LogP contribution in [0.2, 0.25) is 0 Å². The number of rotatable bonds is 3. The Hall–Kier alpha value is -1.56. The van der Waals surface area contributed by atoms with Gasteiger partial charge in [-0.2, -0.15) is 11.8 Å². The van der Waals surface area contributed by atoms with E-state index in [-0.39, 0.29) is 23.1 Å². The molecule has 0 aliphatic carbocycles. The zero-order valence-electron chi connectivity index (χ0n) is 9.48. The van der Waals surface area contributed by atoms with E-state index in [2.05, 4.69) is 5.32 Å². The molecular weight excluding hydrogens is 257 g/mol. The smallest absolute Gasteiger partial charge is 0.337 e. The van der Waals surface area contributed by atoms with E-state index in [1.54, 1.807) is 11.8 Å². The number of hydrogen-bond acceptors (Lipinski definition) is 3. The number of carbonyl (C=O) groups is 2. The summed E-state index contributed by atoms with van der Waals surface area (Å²) >= 11 is 1.68. The third-order valence-electron chi connectivity index (χ3n) is 2.77. The van der Waals surface area contributed by atoms with Crippen LogP contribution in [0.25, 0.3) is 0 Å². The quantitative estimate of drug-likeness (QED) is 0.883. The molecule has 0 radical (unpaired) electrons. The molecule has 1 heterocycles. The number of aromatic carboxylic acids is 1. The monoisotopic (exact) mass is 269 g/mol. The van der Waals surface area contributed by atoms with Crippen molar-refractivity contribution in [1.29, 1.82) is 0 Å². The minimum Gasteiger partial charge on any atom is -0.478 e. The highest BCUT2D eigenvalue weighted by Gasteiger charge is 2.24. The van der Waals surface area contributed by atoms with E-state index < -0.39 is 11.8 Å². The topological polar surface area (TPSA) is 66.4 Å². The maximum atomic E-state index is 13.1. The summed E-state index contributed by atoms with van der Waals surface area (Å²) in [6.07, 6.45) is 0.772. The van der Waals surface area contributed by atoms with Crippen molar-refractivity contribution in [2.75, 3.05) is 16.8 Å². The summed E-state index contributed by atoms with van der Waals surface area (Å²) in [7, 11) is 0. The minimum absolute atomic E-state index is 0.0180. The molecule has 4 nitrogen and oxygen atoms in total. The first-order valence-electron chi connectivity index (χ1n) is 5.49. The Labute approximate surface area is 108 Å². The Morgan fingerprint density at radius 1 is 1.44 bits per heavy atom. The summed E-state index contributed by atoms with van der Waals surface area (Å²) in [5.74, 6) is -0.480. The first kappa shape index (κ1) is 12.9. The predicted molar refractivity (Wildman–Crippen MR) is 67.4 cm³/mol. The number of benzene rings is 1. The second-order valence-electron chi connectivity index (χ2n) is 4.04. The molecule has 2 rings (SSSR count). The molecule has 0 saturated carbocycles. The highest BCUT2D eigenvalue weighted by Crippen LogP contribution is 2.25. The normalized spacial score (nSPS) is 18.6. The van der Waals surface area contributed by atoms with Crippen LogP contribution in [0.4, 0.5) is 10.1 Å². The number of anilines is 1. The SMILES string of the molecule is O=C(O)c1ccc(F)cc1NC(=O)C1CCSC1. The molecule has 1 fully saturated rings. The highest BCUT2D eigenvalue weighted by atomic mass is 32.2. The molecule has 18 heavy (non-hydrogen) atoms. The van der Waals surface area contributed by atoms with Crippen molar-refractivity contribution in [3.05, 3.63) is 29.6 Å². The molecule has 1 aliphatic rings. The summed E-state index contributed by atoms with van der Waals surface area (Å²) in [4.78, 5) is 22.8. The van der Waals surface area contributed by atoms with E-state index >= 15 is 0 Å². The number of halogens is 1. The lowest BCUT2D eigenvalue weighted by Gasteiger charge is -2.12. The number of carboxylic acid groups (broad SMARTS) is 1. The van der Waals surface area contributed by atoms with Gasteiger partial charge in [-0.15, -0.1) is 0 Å². The van der Waals surface area contributed by atoms with E-state index in [0.29, 0.717) is 0 Å². The Balaban J connectivity index is 2.19. The van der Waals surface area contributed by atoms with E-state index in [1.165, 1.54) is 0 Å². The summed E-state index contributed by atoms with van der Waals surface area (Å²) in [5.41, 5.74) is -0.0835. The standard InChI is InChI=1S/C12H12FNO3S/c13-8-1-2-9(12(16)17)10(5-8)14-11(15)7-3-4-18-6-7/h1-2,5,7H,3-4,6H2,(H,14,15)(H,16,17). The van der Waals surface area contributed by atoms with Gasteiger partial charge < -0.3 is 10.4 Å². The van der Waals surface area contributed by atoms with Gasteiger partial charge in [-0.3, -0.25) is 4.79 Å². The van der Waals surface area contributed by atoms with Crippen LogP contribution in [-0.2, 0) is 4.79 Å². The van der Waals surface area contributed by atoms with Gasteiger partial charge in [0.2, 0.25) is 5.91 Å². The molecule has 0 bridgehead atoms. The maximum absolute atomic E-state index is 13.1. The van der Waals surface area contributed by atoms with Crippen LogP contribution in [0.1, 0.15) is 16.8 Å². The van der Waals surface area contributed by atoms with Crippen molar-refractivity contribution in [2.24, 2.45) is 5.92 Å².